The van der Waals surface area contributed by atoms with Crippen molar-refractivity contribution in [3.8, 4) is 0 Å². The van der Waals surface area contributed by atoms with Gasteiger partial charge in [-0.25, -0.2) is 0 Å². The molecule has 7 heteroatoms. The average molecular weight is 329 g/mol. The number of nitrogens with two attached hydrogens (primary N) is 1. The third kappa shape index (κ3) is 3.33. The second kappa shape index (κ2) is 5.53. The summed E-state index contributed by atoms with van der Waals surface area (Å²) in [6, 6.07) is 2.10. The van der Waals surface area contributed by atoms with Gasteiger partial charge in [0, 0.05) is 27.0 Å². The molecule has 0 aliphatic rings. The van der Waals surface area contributed by atoms with Gasteiger partial charge in [-0.1, -0.05) is 0 Å². The van der Waals surface area contributed by atoms with E-state index >= 15 is 0 Å². The quantitative estimate of drug-likeness (QED) is 0.882. The van der Waals surface area contributed by atoms with E-state index in [1.54, 1.807) is 23.7 Å². The minimum absolute atomic E-state index is 0.103. The molecule has 0 bridgehead atoms. The molecule has 0 aromatic carbocycles. The first-order valence-corrected chi connectivity index (χ1v) is 6.95. The highest BCUT2D eigenvalue weighted by Crippen LogP contribution is 2.26. The maximum absolute atomic E-state index is 10.7. The number of thiophene rings is 1. The van der Waals surface area contributed by atoms with Crippen molar-refractivity contribution in [1.82, 2.24) is 9.78 Å². The van der Waals surface area contributed by atoms with E-state index < -0.39 is 5.91 Å². The molecule has 2 aromatic rings. The van der Waals surface area contributed by atoms with Crippen LogP contribution in [-0.2, 0) is 17.9 Å². The van der Waals surface area contributed by atoms with Crippen molar-refractivity contribution in [2.45, 2.75) is 20.0 Å². The summed E-state index contributed by atoms with van der Waals surface area (Å²) in [6.45, 7) is 2.91. The molecule has 0 aliphatic carbocycles. The summed E-state index contributed by atoms with van der Waals surface area (Å²) in [6.07, 6.45) is 3.44. The Morgan fingerprint density at radius 2 is 2.44 bits per heavy atom. The maximum atomic E-state index is 10.7. The summed E-state index contributed by atoms with van der Waals surface area (Å²) in [7, 11) is 0. The standard InChI is InChI=1S/C11H13BrN4OS/c1-7-10(12)2-9(18-7)4-14-8-3-15-16(5-8)6-11(13)17/h2-3,5,14H,4,6H2,1H3,(H2,13,17). The topological polar surface area (TPSA) is 72.9 Å². The molecule has 2 rings (SSSR count). The first-order valence-electron chi connectivity index (χ1n) is 5.34. The molecule has 2 heterocycles. The van der Waals surface area contributed by atoms with Crippen molar-refractivity contribution in [1.29, 1.82) is 0 Å². The van der Waals surface area contributed by atoms with Crippen LogP contribution < -0.4 is 11.1 Å². The van der Waals surface area contributed by atoms with Crippen molar-refractivity contribution >= 4 is 38.9 Å². The Kier molecular flexibility index (Phi) is 4.03. The molecule has 0 unspecified atom stereocenters. The van der Waals surface area contributed by atoms with Gasteiger partial charge in [-0.05, 0) is 28.9 Å². The lowest BCUT2D eigenvalue weighted by Gasteiger charge is -2.00. The van der Waals surface area contributed by atoms with Crippen molar-refractivity contribution in [3.05, 3.63) is 32.7 Å². The number of amides is 1. The Bertz CT molecular complexity index is 544. The molecule has 18 heavy (non-hydrogen) atoms. The normalized spacial score (nSPS) is 10.6. The van der Waals surface area contributed by atoms with E-state index in [0.717, 1.165) is 16.7 Å². The molecule has 1 amide bonds. The molecule has 0 saturated carbocycles. The monoisotopic (exact) mass is 328 g/mol. The van der Waals surface area contributed by atoms with Gasteiger partial charge < -0.3 is 11.1 Å². The molecular weight excluding hydrogens is 316 g/mol. The summed E-state index contributed by atoms with van der Waals surface area (Å²) >= 11 is 5.23. The summed E-state index contributed by atoms with van der Waals surface area (Å²) in [4.78, 5) is 13.2. The molecule has 2 aromatic heterocycles. The first-order chi connectivity index (χ1) is 8.54. The third-order valence-corrected chi connectivity index (χ3v) is 4.46. The fraction of sp³-hybridized carbons (Fsp3) is 0.273. The van der Waals surface area contributed by atoms with E-state index in [0.29, 0.717) is 0 Å². The Labute approximate surface area is 117 Å². The van der Waals surface area contributed by atoms with Gasteiger partial charge in [-0.2, -0.15) is 5.10 Å². The zero-order valence-electron chi connectivity index (χ0n) is 9.81. The lowest BCUT2D eigenvalue weighted by atomic mass is 10.4. The predicted molar refractivity (Wildman–Crippen MR) is 75.5 cm³/mol. The Morgan fingerprint density at radius 3 is 3.06 bits per heavy atom. The zero-order valence-corrected chi connectivity index (χ0v) is 12.2. The van der Waals surface area contributed by atoms with Gasteiger partial charge in [0.05, 0.1) is 11.9 Å². The number of halogens is 1. The minimum Gasteiger partial charge on any atom is -0.378 e. The maximum Gasteiger partial charge on any atom is 0.239 e. The van der Waals surface area contributed by atoms with Crippen LogP contribution in [0.4, 0.5) is 5.69 Å². The summed E-state index contributed by atoms with van der Waals surface area (Å²) in [5.41, 5.74) is 5.97. The van der Waals surface area contributed by atoms with Crippen LogP contribution in [0, 0.1) is 6.92 Å². The predicted octanol–water partition coefficient (Wildman–Crippen LogP) is 2.11. The van der Waals surface area contributed by atoms with Crippen LogP contribution in [0.3, 0.4) is 0 Å². The second-order valence-electron chi connectivity index (χ2n) is 3.86. The highest BCUT2D eigenvalue weighted by atomic mass is 79.9. The van der Waals surface area contributed by atoms with Gasteiger partial charge in [0.2, 0.25) is 5.91 Å². The molecule has 0 fully saturated rings. The molecule has 5 nitrogen and oxygen atoms in total. The van der Waals surface area contributed by atoms with E-state index in [4.69, 9.17) is 5.73 Å². The van der Waals surface area contributed by atoms with Crippen molar-refractivity contribution < 1.29 is 4.79 Å². The Morgan fingerprint density at radius 1 is 1.67 bits per heavy atom. The van der Waals surface area contributed by atoms with E-state index in [1.807, 2.05) is 0 Å². The molecule has 0 atom stereocenters. The smallest absolute Gasteiger partial charge is 0.239 e. The van der Waals surface area contributed by atoms with E-state index in [-0.39, 0.29) is 6.54 Å². The van der Waals surface area contributed by atoms with Gasteiger partial charge in [0.25, 0.3) is 0 Å². The van der Waals surface area contributed by atoms with E-state index in [9.17, 15) is 4.79 Å². The molecule has 0 spiro atoms. The zero-order chi connectivity index (χ0) is 13.1. The number of anilines is 1. The van der Waals surface area contributed by atoms with E-state index in [2.05, 4.69) is 39.3 Å². The summed E-state index contributed by atoms with van der Waals surface area (Å²) in [5.74, 6) is -0.400. The number of hydrogen-bond donors (Lipinski definition) is 2. The molecule has 0 radical (unpaired) electrons. The van der Waals surface area contributed by atoms with Gasteiger partial charge in [-0.15, -0.1) is 11.3 Å². The molecule has 96 valence electrons. The number of carbonyl (C=O) groups is 1. The highest BCUT2D eigenvalue weighted by Gasteiger charge is 2.04. The fourth-order valence-electron chi connectivity index (χ4n) is 1.50. The Balaban J connectivity index is 1.93. The van der Waals surface area contributed by atoms with Crippen molar-refractivity contribution in [2.75, 3.05) is 5.32 Å². The number of nitrogens with one attached hydrogen (secondary N) is 1. The largest absolute Gasteiger partial charge is 0.378 e. The fourth-order valence-corrected chi connectivity index (χ4v) is 3.04. The number of carbonyl (C=O) groups excluding carboxylic acids is 1. The number of rotatable bonds is 5. The van der Waals surface area contributed by atoms with Crippen LogP contribution in [0.1, 0.15) is 9.75 Å². The summed E-state index contributed by atoms with van der Waals surface area (Å²) < 4.78 is 2.65. The number of aromatic nitrogens is 2. The lowest BCUT2D eigenvalue weighted by Crippen LogP contribution is -2.18. The van der Waals surface area contributed by atoms with Gasteiger partial charge >= 0.3 is 0 Å². The van der Waals surface area contributed by atoms with Crippen LogP contribution >= 0.6 is 27.3 Å². The van der Waals surface area contributed by atoms with Crippen LogP contribution in [0.15, 0.2) is 22.9 Å². The van der Waals surface area contributed by atoms with E-state index in [1.165, 1.54) is 14.4 Å². The average Bonchev–Trinajstić information content (AvgIpc) is 2.84. The van der Waals surface area contributed by atoms with Gasteiger partial charge in [-0.3, -0.25) is 9.48 Å². The van der Waals surface area contributed by atoms with Crippen molar-refractivity contribution in [3.63, 3.8) is 0 Å². The molecular formula is C11H13BrN4OS. The number of hydrogen-bond acceptors (Lipinski definition) is 4. The second-order valence-corrected chi connectivity index (χ2v) is 6.06. The molecule has 3 N–H and O–H groups in total. The highest BCUT2D eigenvalue weighted by molar-refractivity contribution is 9.10. The lowest BCUT2D eigenvalue weighted by molar-refractivity contribution is -0.118. The van der Waals surface area contributed by atoms with Gasteiger partial charge in [0.1, 0.15) is 6.54 Å². The summed E-state index contributed by atoms with van der Waals surface area (Å²) in [5, 5.41) is 7.29. The Hall–Kier alpha value is -1.34. The minimum atomic E-state index is -0.400. The third-order valence-electron chi connectivity index (χ3n) is 2.33. The SMILES string of the molecule is Cc1sc(CNc2cnn(CC(N)=O)c2)cc1Br. The molecule has 0 aliphatic heterocycles. The first kappa shape index (κ1) is 13.1. The number of nitrogens with zero attached hydrogens (tertiary/aromatic N) is 2. The van der Waals surface area contributed by atoms with Gasteiger partial charge in [0.15, 0.2) is 0 Å². The molecule has 0 saturated heterocycles. The van der Waals surface area contributed by atoms with Crippen LogP contribution in [0.5, 0.6) is 0 Å². The number of primary amides is 1. The van der Waals surface area contributed by atoms with Crippen molar-refractivity contribution in [2.24, 2.45) is 5.73 Å². The van der Waals surface area contributed by atoms with Crippen LogP contribution in [-0.4, -0.2) is 15.7 Å². The number of aryl methyl sites for hydroxylation is 1. The van der Waals surface area contributed by atoms with Crippen LogP contribution in [0.2, 0.25) is 0 Å². The van der Waals surface area contributed by atoms with Crippen LogP contribution in [0.25, 0.3) is 0 Å².